The molecule has 92 valence electrons. The Morgan fingerprint density at radius 1 is 1.53 bits per heavy atom. The highest BCUT2D eigenvalue weighted by Gasteiger charge is 2.33. The number of nitrogens with zero attached hydrogens (tertiary/aromatic N) is 1. The van der Waals surface area contributed by atoms with E-state index >= 15 is 0 Å². The summed E-state index contributed by atoms with van der Waals surface area (Å²) in [4.78, 5) is 14.0. The smallest absolute Gasteiger partial charge is 0.400 e. The molecule has 3 N–H and O–H groups in total. The van der Waals surface area contributed by atoms with Gasteiger partial charge in [0.1, 0.15) is 0 Å². The molecule has 0 aliphatic rings. The van der Waals surface area contributed by atoms with E-state index in [4.69, 9.17) is 11.0 Å². The first-order valence-corrected chi connectivity index (χ1v) is 4.45. The van der Waals surface area contributed by atoms with Crippen molar-refractivity contribution in [2.45, 2.75) is 19.3 Å². The molecule has 0 bridgehead atoms. The zero-order valence-corrected chi connectivity index (χ0v) is 8.47. The number of hydrogen-bond donors (Lipinski definition) is 2. The maximum absolute atomic E-state index is 12.1. The summed E-state index contributed by atoms with van der Waals surface area (Å²) in [6, 6.07) is 1.66. The topological polar surface area (TPSA) is 91.9 Å². The fourth-order valence-corrected chi connectivity index (χ4v) is 1.18. The molecular weight excluding hydrogens is 239 g/mol. The van der Waals surface area contributed by atoms with Gasteiger partial charge in [0.05, 0.1) is 18.2 Å². The molecule has 1 rings (SSSR count). The van der Waals surface area contributed by atoms with E-state index in [9.17, 15) is 18.0 Å². The molecule has 0 aliphatic carbocycles. The number of aromatic amines is 1. The van der Waals surface area contributed by atoms with Gasteiger partial charge >= 0.3 is 6.36 Å². The van der Waals surface area contributed by atoms with Crippen LogP contribution in [0.4, 0.5) is 13.2 Å². The lowest BCUT2D eigenvalue weighted by molar-refractivity contribution is -0.275. The molecule has 0 unspecified atom stereocenters. The highest BCUT2D eigenvalue weighted by atomic mass is 19.4. The van der Waals surface area contributed by atoms with Gasteiger partial charge in [0, 0.05) is 18.3 Å². The molecule has 1 heterocycles. The largest absolute Gasteiger partial charge is 0.573 e. The van der Waals surface area contributed by atoms with Gasteiger partial charge in [-0.2, -0.15) is 5.26 Å². The average Bonchev–Trinajstić information content (AvgIpc) is 2.23. The Hall–Kier alpha value is -2.01. The summed E-state index contributed by atoms with van der Waals surface area (Å²) in [6.07, 6.45) is -4.15. The van der Waals surface area contributed by atoms with Crippen molar-refractivity contribution in [2.75, 3.05) is 0 Å². The Morgan fingerprint density at radius 3 is 2.65 bits per heavy atom. The number of nitrogens with one attached hydrogen (secondary N) is 1. The monoisotopic (exact) mass is 247 g/mol. The van der Waals surface area contributed by atoms with Crippen LogP contribution >= 0.6 is 0 Å². The van der Waals surface area contributed by atoms with Crippen LogP contribution < -0.4 is 15.9 Å². The highest BCUT2D eigenvalue weighted by Crippen LogP contribution is 2.22. The minimum absolute atomic E-state index is 0.107. The fraction of sp³-hybridized carbons (Fsp3) is 0.333. The molecule has 0 atom stereocenters. The molecule has 0 amide bonds. The van der Waals surface area contributed by atoms with Gasteiger partial charge in [-0.25, -0.2) is 0 Å². The molecule has 1 aromatic heterocycles. The van der Waals surface area contributed by atoms with Crippen LogP contribution in [0, 0.1) is 11.3 Å². The number of H-pyrrole nitrogens is 1. The minimum atomic E-state index is -4.98. The van der Waals surface area contributed by atoms with Gasteiger partial charge in [0.15, 0.2) is 5.75 Å². The third kappa shape index (κ3) is 3.22. The van der Waals surface area contributed by atoms with Crippen molar-refractivity contribution in [1.29, 1.82) is 5.26 Å². The van der Waals surface area contributed by atoms with Gasteiger partial charge in [-0.3, -0.25) is 4.79 Å². The summed E-state index contributed by atoms with van der Waals surface area (Å²) in [5, 5.41) is 8.40. The molecule has 17 heavy (non-hydrogen) atoms. The first kappa shape index (κ1) is 13.1. The second kappa shape index (κ2) is 4.88. The molecule has 8 heteroatoms. The first-order chi connectivity index (χ1) is 7.89. The van der Waals surface area contributed by atoms with Gasteiger partial charge in [-0.15, -0.1) is 13.2 Å². The predicted octanol–water partition coefficient (Wildman–Crippen LogP) is 0.798. The Labute approximate surface area is 93.6 Å². The summed E-state index contributed by atoms with van der Waals surface area (Å²) in [6.45, 7) is -0.312. The van der Waals surface area contributed by atoms with Crippen molar-refractivity contribution in [1.82, 2.24) is 4.98 Å². The zero-order valence-electron chi connectivity index (χ0n) is 8.47. The van der Waals surface area contributed by atoms with E-state index in [0.717, 1.165) is 6.20 Å². The van der Waals surface area contributed by atoms with E-state index in [1.54, 1.807) is 6.07 Å². The van der Waals surface area contributed by atoms with E-state index in [2.05, 4.69) is 9.72 Å². The van der Waals surface area contributed by atoms with Crippen LogP contribution in [0.5, 0.6) is 5.75 Å². The number of rotatable bonds is 3. The minimum Gasteiger partial charge on any atom is -0.400 e. The van der Waals surface area contributed by atoms with Crippen molar-refractivity contribution in [2.24, 2.45) is 5.73 Å². The van der Waals surface area contributed by atoms with E-state index in [0.29, 0.717) is 0 Å². The van der Waals surface area contributed by atoms with Crippen LogP contribution in [0.25, 0.3) is 0 Å². The second-order valence-corrected chi connectivity index (χ2v) is 3.04. The Bertz CT molecular complexity index is 502. The van der Waals surface area contributed by atoms with Crippen molar-refractivity contribution in [3.63, 3.8) is 0 Å². The molecular formula is C9H8F3N3O2. The molecule has 0 saturated carbocycles. The lowest BCUT2D eigenvalue weighted by atomic mass is 10.2. The fourth-order valence-electron chi connectivity index (χ4n) is 1.18. The molecule has 0 aliphatic heterocycles. The number of aromatic nitrogens is 1. The van der Waals surface area contributed by atoms with Crippen molar-refractivity contribution >= 4 is 0 Å². The first-order valence-electron chi connectivity index (χ1n) is 4.45. The number of alkyl halides is 3. The molecule has 0 radical (unpaired) electrons. The van der Waals surface area contributed by atoms with Crippen molar-refractivity contribution < 1.29 is 17.9 Å². The third-order valence-corrected chi connectivity index (χ3v) is 1.88. The Morgan fingerprint density at radius 2 is 2.18 bits per heavy atom. The number of nitrogens with two attached hydrogens (primary N) is 1. The average molecular weight is 247 g/mol. The molecule has 1 aromatic rings. The van der Waals surface area contributed by atoms with Crippen LogP contribution in [0.1, 0.15) is 11.3 Å². The predicted molar refractivity (Wildman–Crippen MR) is 51.0 cm³/mol. The Balaban J connectivity index is 3.29. The molecule has 5 nitrogen and oxygen atoms in total. The zero-order chi connectivity index (χ0) is 13.1. The summed E-state index contributed by atoms with van der Waals surface area (Å²) >= 11 is 0. The van der Waals surface area contributed by atoms with Crippen LogP contribution in [0.2, 0.25) is 0 Å². The molecule has 0 spiro atoms. The third-order valence-electron chi connectivity index (χ3n) is 1.88. The van der Waals surface area contributed by atoms with Gasteiger partial charge in [0.2, 0.25) is 5.43 Å². The lowest BCUT2D eigenvalue weighted by Crippen LogP contribution is -2.25. The summed E-state index contributed by atoms with van der Waals surface area (Å²) in [5.74, 6) is -0.909. The van der Waals surface area contributed by atoms with Crippen LogP contribution in [-0.2, 0) is 13.0 Å². The van der Waals surface area contributed by atoms with Gasteiger partial charge in [-0.1, -0.05) is 0 Å². The van der Waals surface area contributed by atoms with Crippen LogP contribution in [0.15, 0.2) is 11.0 Å². The summed E-state index contributed by atoms with van der Waals surface area (Å²) in [7, 11) is 0. The summed E-state index contributed by atoms with van der Waals surface area (Å²) in [5.41, 5.74) is 3.92. The number of halogens is 3. The van der Waals surface area contributed by atoms with Gasteiger partial charge in [-0.05, 0) is 0 Å². The molecule has 0 aromatic carbocycles. The molecule has 0 fully saturated rings. The number of nitriles is 1. The standard InChI is InChI=1S/C9H8F3N3O2/c10-9(11,12)17-8-6(3-14)15-4-5(1-2-13)7(8)16/h4H,1,3,14H2,(H,15,16). The van der Waals surface area contributed by atoms with Crippen molar-refractivity contribution in [3.8, 4) is 11.8 Å². The quantitative estimate of drug-likeness (QED) is 0.826. The molecule has 0 saturated heterocycles. The SMILES string of the molecule is N#CCc1c[nH]c(CN)c(OC(F)(F)F)c1=O. The van der Waals surface area contributed by atoms with E-state index in [-0.39, 0.29) is 24.2 Å². The van der Waals surface area contributed by atoms with Gasteiger partial charge < -0.3 is 15.5 Å². The number of hydrogen-bond acceptors (Lipinski definition) is 4. The van der Waals surface area contributed by atoms with E-state index < -0.39 is 17.5 Å². The van der Waals surface area contributed by atoms with Gasteiger partial charge in [0.25, 0.3) is 0 Å². The highest BCUT2D eigenvalue weighted by molar-refractivity contribution is 5.33. The normalized spacial score (nSPS) is 11.0. The van der Waals surface area contributed by atoms with E-state index in [1.165, 1.54) is 0 Å². The Kier molecular flexibility index (Phi) is 3.75. The number of pyridine rings is 1. The lowest BCUT2D eigenvalue weighted by Gasteiger charge is -2.12. The van der Waals surface area contributed by atoms with Crippen molar-refractivity contribution in [3.05, 3.63) is 27.7 Å². The van der Waals surface area contributed by atoms with Crippen LogP contribution in [-0.4, -0.2) is 11.3 Å². The second-order valence-electron chi connectivity index (χ2n) is 3.04. The number of ether oxygens (including phenoxy) is 1. The van der Waals surface area contributed by atoms with E-state index in [1.807, 2.05) is 0 Å². The summed E-state index contributed by atoms with van der Waals surface area (Å²) < 4.78 is 39.8. The maximum Gasteiger partial charge on any atom is 0.573 e. The maximum atomic E-state index is 12.1. The van der Waals surface area contributed by atoms with Crippen LogP contribution in [0.3, 0.4) is 0 Å².